The maximum atomic E-state index is 11.6. The van der Waals surface area contributed by atoms with Crippen molar-refractivity contribution < 1.29 is 14.7 Å². The Morgan fingerprint density at radius 2 is 1.75 bits per heavy atom. The molecule has 0 fully saturated rings. The molecule has 0 bridgehead atoms. The molecule has 0 aromatic rings. The molecule has 0 heterocycles. The summed E-state index contributed by atoms with van der Waals surface area (Å²) in [7, 11) is 0. The predicted octanol–water partition coefficient (Wildman–Crippen LogP) is 3.15. The first-order valence-electron chi connectivity index (χ1n) is 7.61. The topological polar surface area (TPSA) is 78.4 Å². The SMILES string of the molecule is CCC(C)(NC(=O)NCCCCCCC(C)C)C(=O)O. The second-order valence-electron chi connectivity index (χ2n) is 5.97. The maximum absolute atomic E-state index is 11.6. The molecule has 0 saturated carbocycles. The van der Waals surface area contributed by atoms with E-state index in [0.717, 1.165) is 18.8 Å². The van der Waals surface area contributed by atoms with Crippen LogP contribution in [0.3, 0.4) is 0 Å². The number of urea groups is 1. The predicted molar refractivity (Wildman–Crippen MR) is 80.8 cm³/mol. The minimum Gasteiger partial charge on any atom is -0.480 e. The van der Waals surface area contributed by atoms with Crippen LogP contribution in [0, 0.1) is 5.92 Å². The Bertz CT molecular complexity index is 305. The summed E-state index contributed by atoms with van der Waals surface area (Å²) in [4.78, 5) is 22.7. The van der Waals surface area contributed by atoms with Crippen molar-refractivity contribution in [3.8, 4) is 0 Å². The van der Waals surface area contributed by atoms with Crippen molar-refractivity contribution in [1.29, 1.82) is 0 Å². The highest BCUT2D eigenvalue weighted by molar-refractivity contribution is 5.85. The van der Waals surface area contributed by atoms with E-state index in [1.165, 1.54) is 26.2 Å². The summed E-state index contributed by atoms with van der Waals surface area (Å²) in [6.07, 6.45) is 6.05. The van der Waals surface area contributed by atoms with Crippen LogP contribution in [0.5, 0.6) is 0 Å². The highest BCUT2D eigenvalue weighted by Crippen LogP contribution is 2.10. The number of rotatable bonds is 10. The molecule has 0 spiro atoms. The fourth-order valence-corrected chi connectivity index (χ4v) is 1.82. The molecular weight excluding hydrogens is 256 g/mol. The molecule has 2 amide bonds. The summed E-state index contributed by atoms with van der Waals surface area (Å²) in [5.74, 6) is -0.259. The second-order valence-corrected chi connectivity index (χ2v) is 5.97. The largest absolute Gasteiger partial charge is 0.480 e. The van der Waals surface area contributed by atoms with Crippen LogP contribution in [0.4, 0.5) is 4.79 Å². The normalized spacial score (nSPS) is 13.8. The van der Waals surface area contributed by atoms with E-state index in [0.29, 0.717) is 13.0 Å². The first kappa shape index (κ1) is 18.7. The molecule has 0 aliphatic carbocycles. The first-order valence-corrected chi connectivity index (χ1v) is 7.61. The molecule has 0 aromatic heterocycles. The van der Waals surface area contributed by atoms with E-state index in [4.69, 9.17) is 5.11 Å². The average molecular weight is 286 g/mol. The van der Waals surface area contributed by atoms with E-state index in [2.05, 4.69) is 24.5 Å². The zero-order valence-corrected chi connectivity index (χ0v) is 13.3. The third-order valence-electron chi connectivity index (χ3n) is 3.56. The third-order valence-corrected chi connectivity index (χ3v) is 3.56. The van der Waals surface area contributed by atoms with Gasteiger partial charge in [-0.3, -0.25) is 0 Å². The Morgan fingerprint density at radius 1 is 1.15 bits per heavy atom. The van der Waals surface area contributed by atoms with Gasteiger partial charge in [0.05, 0.1) is 0 Å². The van der Waals surface area contributed by atoms with Crippen LogP contribution in [0.1, 0.15) is 66.2 Å². The van der Waals surface area contributed by atoms with Gasteiger partial charge in [-0.2, -0.15) is 0 Å². The van der Waals surface area contributed by atoms with E-state index in [9.17, 15) is 9.59 Å². The van der Waals surface area contributed by atoms with Crippen molar-refractivity contribution in [3.63, 3.8) is 0 Å². The third kappa shape index (κ3) is 8.02. The first-order chi connectivity index (χ1) is 9.31. The summed E-state index contributed by atoms with van der Waals surface area (Å²) in [5.41, 5.74) is -1.19. The fourth-order valence-electron chi connectivity index (χ4n) is 1.82. The van der Waals surface area contributed by atoms with Gasteiger partial charge in [-0.1, -0.05) is 46.5 Å². The lowest BCUT2D eigenvalue weighted by Gasteiger charge is -2.24. The van der Waals surface area contributed by atoms with Gasteiger partial charge in [0, 0.05) is 6.54 Å². The molecule has 118 valence electrons. The second kappa shape index (κ2) is 9.61. The van der Waals surface area contributed by atoms with E-state index in [1.807, 2.05) is 0 Å². The van der Waals surface area contributed by atoms with Crippen molar-refractivity contribution in [2.45, 2.75) is 71.8 Å². The number of carbonyl (C=O) groups excluding carboxylic acids is 1. The summed E-state index contributed by atoms with van der Waals surface area (Å²) >= 11 is 0. The Morgan fingerprint density at radius 3 is 2.25 bits per heavy atom. The molecule has 0 aliphatic heterocycles. The van der Waals surface area contributed by atoms with Crippen molar-refractivity contribution in [2.75, 3.05) is 6.54 Å². The summed E-state index contributed by atoms with van der Waals surface area (Å²) in [6, 6.07) is -0.404. The molecule has 20 heavy (non-hydrogen) atoms. The van der Waals surface area contributed by atoms with Crippen LogP contribution in [-0.2, 0) is 4.79 Å². The van der Waals surface area contributed by atoms with E-state index >= 15 is 0 Å². The molecule has 0 saturated heterocycles. The van der Waals surface area contributed by atoms with Crippen molar-refractivity contribution >= 4 is 12.0 Å². The van der Waals surface area contributed by atoms with Crippen LogP contribution in [-0.4, -0.2) is 29.2 Å². The molecule has 5 heteroatoms. The molecule has 0 aliphatic rings. The lowest BCUT2D eigenvalue weighted by Crippen LogP contribution is -2.54. The van der Waals surface area contributed by atoms with Crippen LogP contribution < -0.4 is 10.6 Å². The minimum atomic E-state index is -1.19. The smallest absolute Gasteiger partial charge is 0.329 e. The van der Waals surface area contributed by atoms with Gasteiger partial charge < -0.3 is 15.7 Å². The quantitative estimate of drug-likeness (QED) is 0.540. The van der Waals surface area contributed by atoms with Crippen LogP contribution in [0.25, 0.3) is 0 Å². The standard InChI is InChI=1S/C15H30N2O3/c1-5-15(4,13(18)19)17-14(20)16-11-9-7-6-8-10-12(2)3/h12H,5-11H2,1-4H3,(H,18,19)(H2,16,17,20). The molecule has 0 rings (SSSR count). The van der Waals surface area contributed by atoms with Crippen LogP contribution in [0.2, 0.25) is 0 Å². The average Bonchev–Trinajstić information content (AvgIpc) is 2.36. The Labute approximate surface area is 122 Å². The van der Waals surface area contributed by atoms with Gasteiger partial charge in [0.1, 0.15) is 5.54 Å². The van der Waals surface area contributed by atoms with Gasteiger partial charge in [0.15, 0.2) is 0 Å². The number of aliphatic carboxylic acids is 1. The molecule has 5 nitrogen and oxygen atoms in total. The number of carboxylic acids is 1. The lowest BCUT2D eigenvalue weighted by molar-refractivity contribution is -0.143. The van der Waals surface area contributed by atoms with Crippen molar-refractivity contribution in [1.82, 2.24) is 10.6 Å². The van der Waals surface area contributed by atoms with Crippen molar-refractivity contribution in [3.05, 3.63) is 0 Å². The molecule has 1 unspecified atom stereocenters. The van der Waals surface area contributed by atoms with Gasteiger partial charge in [0.25, 0.3) is 0 Å². The van der Waals surface area contributed by atoms with Gasteiger partial charge in [0.2, 0.25) is 0 Å². The van der Waals surface area contributed by atoms with E-state index in [-0.39, 0.29) is 0 Å². The monoisotopic (exact) mass is 286 g/mol. The number of carboxylic acid groups (broad SMARTS) is 1. The van der Waals surface area contributed by atoms with Crippen LogP contribution >= 0.6 is 0 Å². The molecule has 0 aromatic carbocycles. The molecule has 3 N–H and O–H groups in total. The highest BCUT2D eigenvalue weighted by atomic mass is 16.4. The zero-order chi connectivity index (χ0) is 15.6. The highest BCUT2D eigenvalue weighted by Gasteiger charge is 2.32. The summed E-state index contributed by atoms with van der Waals surface area (Å²) < 4.78 is 0. The molecule has 1 atom stereocenters. The Kier molecular flexibility index (Phi) is 9.01. The van der Waals surface area contributed by atoms with Gasteiger partial charge >= 0.3 is 12.0 Å². The minimum absolute atomic E-state index is 0.352. The number of amides is 2. The molecular formula is C15H30N2O3. The summed E-state index contributed by atoms with van der Waals surface area (Å²) in [5, 5.41) is 14.3. The van der Waals surface area contributed by atoms with E-state index in [1.54, 1.807) is 6.92 Å². The zero-order valence-electron chi connectivity index (χ0n) is 13.3. The fraction of sp³-hybridized carbons (Fsp3) is 0.867. The number of nitrogens with one attached hydrogen (secondary N) is 2. The Hall–Kier alpha value is -1.26. The van der Waals surface area contributed by atoms with Gasteiger partial charge in [-0.15, -0.1) is 0 Å². The Balaban J connectivity index is 3.71. The van der Waals surface area contributed by atoms with Gasteiger partial charge in [-0.25, -0.2) is 9.59 Å². The van der Waals surface area contributed by atoms with Gasteiger partial charge in [-0.05, 0) is 25.7 Å². The number of hydrogen-bond donors (Lipinski definition) is 3. The number of unbranched alkanes of at least 4 members (excludes halogenated alkanes) is 3. The number of hydrogen-bond acceptors (Lipinski definition) is 2. The number of carbonyl (C=O) groups is 2. The maximum Gasteiger partial charge on any atom is 0.329 e. The lowest BCUT2D eigenvalue weighted by atomic mass is 10.00. The van der Waals surface area contributed by atoms with Crippen molar-refractivity contribution in [2.24, 2.45) is 5.92 Å². The molecule has 0 radical (unpaired) electrons. The van der Waals surface area contributed by atoms with E-state index < -0.39 is 17.5 Å². The van der Waals surface area contributed by atoms with Crippen LogP contribution in [0.15, 0.2) is 0 Å². The summed E-state index contributed by atoms with van der Waals surface area (Å²) in [6.45, 7) is 8.29.